The quantitative estimate of drug-likeness (QED) is 0.106. The highest BCUT2D eigenvalue weighted by atomic mass is 32.1. The lowest BCUT2D eigenvalue weighted by Crippen LogP contribution is -2.60. The Morgan fingerprint density at radius 2 is 1.47 bits per heavy atom. The van der Waals surface area contributed by atoms with Crippen molar-refractivity contribution >= 4 is 29.4 Å². The Kier molecular flexibility index (Phi) is 14.5. The molecule has 0 saturated heterocycles. The molecule has 0 bridgehead atoms. The summed E-state index contributed by atoms with van der Waals surface area (Å²) in [5, 5.41) is 34.7. The van der Waals surface area contributed by atoms with Crippen LogP contribution in [0.25, 0.3) is 0 Å². The van der Waals surface area contributed by atoms with Crippen LogP contribution in [0, 0.1) is 5.92 Å². The number of rotatable bonds is 17. The van der Waals surface area contributed by atoms with Crippen molar-refractivity contribution in [2.24, 2.45) is 5.92 Å². The smallest absolute Gasteiger partial charge is 0.407 e. The van der Waals surface area contributed by atoms with E-state index in [1.54, 1.807) is 18.4 Å². The van der Waals surface area contributed by atoms with Gasteiger partial charge < -0.3 is 40.2 Å². The van der Waals surface area contributed by atoms with E-state index in [1.807, 2.05) is 79.9 Å². The van der Waals surface area contributed by atoms with Crippen LogP contribution < -0.4 is 16.0 Å². The third-order valence-corrected chi connectivity index (χ3v) is 9.46. The summed E-state index contributed by atoms with van der Waals surface area (Å²) in [7, 11) is 1.63. The predicted octanol–water partition coefficient (Wildman–Crippen LogP) is 4.41. The molecule has 5 N–H and O–H groups in total. The van der Waals surface area contributed by atoms with Gasteiger partial charge in [0.1, 0.15) is 18.2 Å². The Labute approximate surface area is 302 Å². The van der Waals surface area contributed by atoms with E-state index in [4.69, 9.17) is 9.15 Å². The van der Waals surface area contributed by atoms with Gasteiger partial charge >= 0.3 is 12.1 Å². The van der Waals surface area contributed by atoms with Crippen molar-refractivity contribution in [1.82, 2.24) is 30.8 Å². The number of oxazole rings is 1. The Balaban J connectivity index is 1.50. The third kappa shape index (κ3) is 11.9. The van der Waals surface area contributed by atoms with Crippen LogP contribution in [0.2, 0.25) is 0 Å². The molecule has 0 saturated carbocycles. The highest BCUT2D eigenvalue weighted by Gasteiger charge is 2.36. The molecule has 5 atom stereocenters. The van der Waals surface area contributed by atoms with Crippen molar-refractivity contribution in [3.05, 3.63) is 106 Å². The normalized spacial score (nSPS) is 14.3. The van der Waals surface area contributed by atoms with E-state index < -0.39 is 48.4 Å². The molecule has 4 rings (SSSR count). The zero-order valence-electron chi connectivity index (χ0n) is 29.6. The molecule has 2 heterocycles. The largest absolute Gasteiger partial charge is 0.445 e. The fourth-order valence-electron chi connectivity index (χ4n) is 5.40. The number of nitrogens with zero attached hydrogens (tertiary/aromatic N) is 3. The van der Waals surface area contributed by atoms with Gasteiger partial charge in [-0.1, -0.05) is 88.4 Å². The van der Waals surface area contributed by atoms with Gasteiger partial charge in [0.25, 0.3) is 0 Å². The molecule has 274 valence electrons. The van der Waals surface area contributed by atoms with Crippen LogP contribution in [0.4, 0.5) is 9.59 Å². The number of thiazole rings is 1. The van der Waals surface area contributed by atoms with Crippen molar-refractivity contribution in [3.8, 4) is 0 Å². The Hall–Kier alpha value is -4.79. The van der Waals surface area contributed by atoms with Gasteiger partial charge in [-0.3, -0.25) is 4.79 Å². The summed E-state index contributed by atoms with van der Waals surface area (Å²) in [5.41, 5.74) is 2.34. The van der Waals surface area contributed by atoms with E-state index in [0.29, 0.717) is 5.76 Å². The first-order chi connectivity index (χ1) is 24.4. The number of aromatic nitrogens is 2. The topological polar surface area (TPSA) is 179 Å². The second kappa shape index (κ2) is 19.0. The molecule has 0 fully saturated rings. The van der Waals surface area contributed by atoms with Gasteiger partial charge in [-0.15, -0.1) is 11.3 Å². The molecule has 4 amide bonds. The van der Waals surface area contributed by atoms with Crippen LogP contribution in [-0.4, -0.2) is 80.5 Å². The minimum Gasteiger partial charge on any atom is -0.445 e. The van der Waals surface area contributed by atoms with Gasteiger partial charge in [-0.05, 0) is 29.9 Å². The average molecular weight is 721 g/mol. The average Bonchev–Trinajstić information content (AvgIpc) is 3.82. The fourth-order valence-corrected chi connectivity index (χ4v) is 6.22. The second-order valence-electron chi connectivity index (χ2n) is 13.1. The minimum atomic E-state index is -1.55. The molecule has 51 heavy (non-hydrogen) atoms. The van der Waals surface area contributed by atoms with Gasteiger partial charge in [0, 0.05) is 18.3 Å². The summed E-state index contributed by atoms with van der Waals surface area (Å²) >= 11 is 1.54. The molecule has 0 aliphatic carbocycles. The zero-order chi connectivity index (χ0) is 36.9. The molecule has 0 aliphatic rings. The lowest BCUT2D eigenvalue weighted by molar-refractivity contribution is -0.126. The van der Waals surface area contributed by atoms with E-state index in [1.165, 1.54) is 17.5 Å². The van der Waals surface area contributed by atoms with Crippen LogP contribution in [-0.2, 0) is 35.5 Å². The van der Waals surface area contributed by atoms with Crippen LogP contribution in [0.15, 0.2) is 83.1 Å². The first kappa shape index (κ1) is 39.0. The molecule has 0 radical (unpaired) electrons. The lowest BCUT2D eigenvalue weighted by atomic mass is 9.90. The highest BCUT2D eigenvalue weighted by molar-refractivity contribution is 7.09. The first-order valence-corrected chi connectivity index (χ1v) is 17.8. The van der Waals surface area contributed by atoms with Crippen molar-refractivity contribution in [1.29, 1.82) is 0 Å². The SMILES string of the molecule is CC(C)c1nc(CN(C)C(=O)N[C@H](C(=O)N[C@@H](Cc2ccccc2)[C@@H](O)[C@@H](O)[C@H](Cc2ccccc2)NC(=O)OCc2cnco2)C(C)C)cs1. The van der Waals surface area contributed by atoms with Gasteiger partial charge in [0.05, 0.1) is 35.5 Å². The standard InChI is InChI=1S/C37H48N6O7S/c1-23(2)31(42-36(47)43(5)19-27-21-51-35(39-27)24(3)4)34(46)40-29(16-25-12-8-6-9-13-25)32(44)33(45)30(17-26-14-10-7-11-15-26)41-37(48)49-20-28-18-38-22-50-28/h6-15,18,21-24,29-33,44-45H,16-17,19-20H2,1-5H3,(H,40,46)(H,41,48)(H,42,47)/t29-,30-,31-,32+,33-/m0/s1. The van der Waals surface area contributed by atoms with Crippen molar-refractivity contribution < 1.29 is 33.8 Å². The maximum absolute atomic E-state index is 13.9. The number of carbonyl (C=O) groups excluding carboxylic acids is 3. The number of aliphatic hydroxyl groups is 2. The van der Waals surface area contributed by atoms with E-state index in [9.17, 15) is 24.6 Å². The monoisotopic (exact) mass is 720 g/mol. The van der Waals surface area contributed by atoms with Crippen LogP contribution in [0.5, 0.6) is 0 Å². The van der Waals surface area contributed by atoms with Crippen molar-refractivity contribution in [2.45, 2.75) is 89.9 Å². The molecule has 0 aliphatic heterocycles. The molecule has 0 unspecified atom stereocenters. The van der Waals surface area contributed by atoms with Crippen LogP contribution >= 0.6 is 11.3 Å². The third-order valence-electron chi connectivity index (χ3n) is 8.27. The molecule has 2 aromatic heterocycles. The van der Waals surface area contributed by atoms with Crippen LogP contribution in [0.3, 0.4) is 0 Å². The molecular formula is C37H48N6O7S. The number of carbonyl (C=O) groups is 3. The molecular weight excluding hydrogens is 673 g/mol. The van der Waals surface area contributed by atoms with Crippen molar-refractivity contribution in [2.75, 3.05) is 7.05 Å². The molecule has 2 aromatic carbocycles. The second-order valence-corrected chi connectivity index (χ2v) is 14.0. The van der Waals surface area contributed by atoms with E-state index >= 15 is 0 Å². The van der Waals surface area contributed by atoms with E-state index in [2.05, 4.69) is 39.8 Å². The fraction of sp³-hybridized carbons (Fsp3) is 0.432. The maximum atomic E-state index is 13.9. The van der Waals surface area contributed by atoms with Gasteiger partial charge in [-0.25, -0.2) is 19.6 Å². The Morgan fingerprint density at radius 3 is 1.98 bits per heavy atom. The molecule has 13 nitrogen and oxygen atoms in total. The van der Waals surface area contributed by atoms with Crippen molar-refractivity contribution in [3.63, 3.8) is 0 Å². The lowest BCUT2D eigenvalue weighted by Gasteiger charge is -2.34. The molecule has 0 spiro atoms. The number of nitrogens with one attached hydrogen (secondary N) is 3. The van der Waals surface area contributed by atoms with E-state index in [0.717, 1.165) is 21.8 Å². The van der Waals surface area contributed by atoms with E-state index in [-0.39, 0.29) is 37.8 Å². The van der Waals surface area contributed by atoms with Gasteiger partial charge in [0.15, 0.2) is 18.8 Å². The first-order valence-electron chi connectivity index (χ1n) is 16.9. The number of ether oxygens (including phenoxy) is 1. The summed E-state index contributed by atoms with van der Waals surface area (Å²) in [4.78, 5) is 49.9. The summed E-state index contributed by atoms with van der Waals surface area (Å²) in [6.07, 6.45) is -1.01. The maximum Gasteiger partial charge on any atom is 0.407 e. The Bertz CT molecular complexity index is 1650. The zero-order valence-corrected chi connectivity index (χ0v) is 30.4. The molecule has 4 aromatic rings. The summed E-state index contributed by atoms with van der Waals surface area (Å²) < 4.78 is 10.4. The van der Waals surface area contributed by atoms with Crippen LogP contribution in [0.1, 0.15) is 61.2 Å². The predicted molar refractivity (Wildman–Crippen MR) is 193 cm³/mol. The number of urea groups is 1. The number of alkyl carbamates (subject to hydrolysis) is 1. The minimum absolute atomic E-state index is 0.150. The number of hydrogen-bond donors (Lipinski definition) is 5. The number of benzene rings is 2. The Morgan fingerprint density at radius 1 is 0.882 bits per heavy atom. The summed E-state index contributed by atoms with van der Waals surface area (Å²) in [6, 6.07) is 14.9. The summed E-state index contributed by atoms with van der Waals surface area (Å²) in [6.45, 7) is 7.81. The van der Waals surface area contributed by atoms with Gasteiger partial charge in [-0.2, -0.15) is 0 Å². The molecule has 14 heteroatoms. The summed E-state index contributed by atoms with van der Waals surface area (Å²) in [5.74, 6) is -0.246. The number of hydrogen-bond acceptors (Lipinski definition) is 10. The van der Waals surface area contributed by atoms with Gasteiger partial charge in [0.2, 0.25) is 5.91 Å². The highest BCUT2D eigenvalue weighted by Crippen LogP contribution is 2.20. The number of amides is 4. The number of aliphatic hydroxyl groups excluding tert-OH is 2.